The maximum Gasteiger partial charge on any atom is 0.252 e. The van der Waals surface area contributed by atoms with E-state index in [9.17, 15) is 4.79 Å². The number of aromatic nitrogens is 3. The van der Waals surface area contributed by atoms with E-state index in [0.717, 1.165) is 11.8 Å². The molecule has 0 aliphatic rings. The fourth-order valence-electron chi connectivity index (χ4n) is 1.61. The molecule has 0 saturated heterocycles. The lowest BCUT2D eigenvalue weighted by Crippen LogP contribution is -2.23. The smallest absolute Gasteiger partial charge is 0.252 e. The van der Waals surface area contributed by atoms with E-state index in [1.807, 2.05) is 6.92 Å². The highest BCUT2D eigenvalue weighted by molar-refractivity contribution is 5.73. The first-order chi connectivity index (χ1) is 7.24. The Labute approximate surface area is 87.6 Å². The first-order valence-corrected chi connectivity index (χ1v) is 5.05. The average Bonchev–Trinajstić information content (AvgIpc) is 2.28. The van der Waals surface area contributed by atoms with E-state index in [4.69, 9.17) is 0 Å². The third-order valence-corrected chi connectivity index (χ3v) is 2.62. The van der Waals surface area contributed by atoms with Crippen LogP contribution in [-0.2, 0) is 0 Å². The van der Waals surface area contributed by atoms with Gasteiger partial charge < -0.3 is 0 Å². The fourth-order valence-corrected chi connectivity index (χ4v) is 1.61. The Kier molecular flexibility index (Phi) is 2.49. The summed E-state index contributed by atoms with van der Waals surface area (Å²) in [6.45, 7) is 4.07. The van der Waals surface area contributed by atoms with Crippen molar-refractivity contribution in [3.8, 4) is 0 Å². The average molecular weight is 203 g/mol. The monoisotopic (exact) mass is 203 g/mol. The van der Waals surface area contributed by atoms with Crippen LogP contribution in [0.2, 0.25) is 0 Å². The number of pyridine rings is 1. The maximum absolute atomic E-state index is 11.7. The Balaban J connectivity index is 2.80. The van der Waals surface area contributed by atoms with Crippen LogP contribution >= 0.6 is 0 Å². The van der Waals surface area contributed by atoms with Crippen molar-refractivity contribution in [2.45, 2.75) is 26.3 Å². The Bertz CT molecular complexity index is 533. The van der Waals surface area contributed by atoms with Crippen molar-refractivity contribution in [3.05, 3.63) is 35.0 Å². The van der Waals surface area contributed by atoms with Crippen molar-refractivity contribution in [1.29, 1.82) is 0 Å². The summed E-state index contributed by atoms with van der Waals surface area (Å²) < 4.78 is 1.72. The lowest BCUT2D eigenvalue weighted by Gasteiger charge is -2.14. The van der Waals surface area contributed by atoms with Crippen LogP contribution in [0.5, 0.6) is 0 Å². The lowest BCUT2D eigenvalue weighted by molar-refractivity contribution is 0.527. The van der Waals surface area contributed by atoms with E-state index < -0.39 is 0 Å². The number of rotatable bonds is 2. The Morgan fingerprint density at radius 1 is 1.47 bits per heavy atom. The molecule has 1 unspecified atom stereocenters. The normalized spacial score (nSPS) is 12.9. The fraction of sp³-hybridized carbons (Fsp3) is 0.364. The summed E-state index contributed by atoms with van der Waals surface area (Å²) >= 11 is 0. The van der Waals surface area contributed by atoms with Crippen LogP contribution in [0.3, 0.4) is 0 Å². The molecule has 0 aromatic carbocycles. The molecule has 0 fully saturated rings. The summed E-state index contributed by atoms with van der Waals surface area (Å²) in [6.07, 6.45) is 4.10. The molecule has 2 aromatic heterocycles. The predicted octanol–water partition coefficient (Wildman–Crippen LogP) is 1.76. The molecule has 2 rings (SSSR count). The molecule has 15 heavy (non-hydrogen) atoms. The van der Waals surface area contributed by atoms with Gasteiger partial charge in [0.1, 0.15) is 12.0 Å². The van der Waals surface area contributed by atoms with Gasteiger partial charge in [0.2, 0.25) is 0 Å². The van der Waals surface area contributed by atoms with Crippen molar-refractivity contribution in [2.75, 3.05) is 0 Å². The second-order valence-electron chi connectivity index (χ2n) is 3.60. The molecule has 4 heteroatoms. The zero-order chi connectivity index (χ0) is 10.8. The summed E-state index contributed by atoms with van der Waals surface area (Å²) in [5.41, 5.74) is 0.711. The molecule has 2 aromatic rings. The Morgan fingerprint density at radius 2 is 2.27 bits per heavy atom. The van der Waals surface area contributed by atoms with Crippen LogP contribution in [0, 0.1) is 0 Å². The highest BCUT2D eigenvalue weighted by Crippen LogP contribution is 2.13. The third-order valence-electron chi connectivity index (χ3n) is 2.62. The third kappa shape index (κ3) is 1.63. The van der Waals surface area contributed by atoms with Gasteiger partial charge in [-0.1, -0.05) is 6.92 Å². The second-order valence-corrected chi connectivity index (χ2v) is 3.60. The standard InChI is InChI=1S/C11H13N3O/c1-3-8(2)14-10(15)5-4-9-6-12-7-13-11(9)14/h4-8H,3H2,1-2H3. The second kappa shape index (κ2) is 3.81. The SMILES string of the molecule is CCC(C)n1c(=O)ccc2cncnc21. The molecule has 78 valence electrons. The highest BCUT2D eigenvalue weighted by atomic mass is 16.1. The Hall–Kier alpha value is -1.71. The largest absolute Gasteiger partial charge is 0.290 e. The summed E-state index contributed by atoms with van der Waals surface area (Å²) in [5, 5.41) is 0.900. The van der Waals surface area contributed by atoms with E-state index in [1.54, 1.807) is 22.9 Å². The van der Waals surface area contributed by atoms with Gasteiger partial charge in [0.05, 0.1) is 0 Å². The molecule has 1 atom stereocenters. The van der Waals surface area contributed by atoms with Crippen molar-refractivity contribution in [1.82, 2.24) is 14.5 Å². The highest BCUT2D eigenvalue weighted by Gasteiger charge is 2.08. The van der Waals surface area contributed by atoms with Gasteiger partial charge in [-0.05, 0) is 19.4 Å². The molecule has 0 amide bonds. The topological polar surface area (TPSA) is 47.8 Å². The van der Waals surface area contributed by atoms with E-state index in [2.05, 4.69) is 16.9 Å². The molecule has 4 nitrogen and oxygen atoms in total. The molecule has 0 saturated carbocycles. The van der Waals surface area contributed by atoms with E-state index >= 15 is 0 Å². The van der Waals surface area contributed by atoms with Gasteiger partial charge in [-0.25, -0.2) is 9.97 Å². The van der Waals surface area contributed by atoms with E-state index in [1.165, 1.54) is 6.33 Å². The molecule has 0 bridgehead atoms. The van der Waals surface area contributed by atoms with Gasteiger partial charge in [-0.2, -0.15) is 0 Å². The number of hydrogen-bond acceptors (Lipinski definition) is 3. The molecule has 0 aliphatic heterocycles. The summed E-state index contributed by atoms with van der Waals surface area (Å²) in [6, 6.07) is 3.49. The molecule has 0 aliphatic carbocycles. The quantitative estimate of drug-likeness (QED) is 0.747. The van der Waals surface area contributed by atoms with Gasteiger partial charge in [0, 0.05) is 23.7 Å². The van der Waals surface area contributed by atoms with Gasteiger partial charge in [0.15, 0.2) is 0 Å². The van der Waals surface area contributed by atoms with Crippen LogP contribution < -0.4 is 5.56 Å². The lowest BCUT2D eigenvalue weighted by atomic mass is 10.2. The first-order valence-electron chi connectivity index (χ1n) is 5.05. The molecule has 0 N–H and O–H groups in total. The van der Waals surface area contributed by atoms with Crippen molar-refractivity contribution in [2.24, 2.45) is 0 Å². The van der Waals surface area contributed by atoms with E-state index in [0.29, 0.717) is 5.65 Å². The first kappa shape index (κ1) is 9.83. The van der Waals surface area contributed by atoms with Crippen LogP contribution in [0.15, 0.2) is 29.5 Å². The minimum atomic E-state index is -0.00412. The maximum atomic E-state index is 11.7. The molecular weight excluding hydrogens is 190 g/mol. The van der Waals surface area contributed by atoms with Gasteiger partial charge >= 0.3 is 0 Å². The zero-order valence-electron chi connectivity index (χ0n) is 8.84. The van der Waals surface area contributed by atoms with Gasteiger partial charge in [-0.15, -0.1) is 0 Å². The van der Waals surface area contributed by atoms with Crippen LogP contribution in [-0.4, -0.2) is 14.5 Å². The Morgan fingerprint density at radius 3 is 3.00 bits per heavy atom. The summed E-state index contributed by atoms with van der Waals surface area (Å²) in [4.78, 5) is 19.8. The van der Waals surface area contributed by atoms with Crippen molar-refractivity contribution >= 4 is 11.0 Å². The van der Waals surface area contributed by atoms with E-state index in [-0.39, 0.29) is 11.6 Å². The van der Waals surface area contributed by atoms with Crippen LogP contribution in [0.1, 0.15) is 26.3 Å². The molecular formula is C11H13N3O. The van der Waals surface area contributed by atoms with Crippen LogP contribution in [0.25, 0.3) is 11.0 Å². The predicted molar refractivity (Wildman–Crippen MR) is 58.8 cm³/mol. The van der Waals surface area contributed by atoms with Crippen molar-refractivity contribution < 1.29 is 0 Å². The molecule has 0 radical (unpaired) electrons. The minimum absolute atomic E-state index is 0.00412. The zero-order valence-corrected chi connectivity index (χ0v) is 8.84. The van der Waals surface area contributed by atoms with Gasteiger partial charge in [0.25, 0.3) is 5.56 Å². The minimum Gasteiger partial charge on any atom is -0.290 e. The van der Waals surface area contributed by atoms with Crippen molar-refractivity contribution in [3.63, 3.8) is 0 Å². The van der Waals surface area contributed by atoms with Gasteiger partial charge in [-0.3, -0.25) is 9.36 Å². The summed E-state index contributed by atoms with van der Waals surface area (Å²) in [7, 11) is 0. The van der Waals surface area contributed by atoms with Crippen LogP contribution in [0.4, 0.5) is 0 Å². The molecule has 0 spiro atoms. The number of hydrogen-bond donors (Lipinski definition) is 0. The number of nitrogens with zero attached hydrogens (tertiary/aromatic N) is 3. The molecule has 2 heterocycles. The number of fused-ring (bicyclic) bond motifs is 1. The summed E-state index contributed by atoms with van der Waals surface area (Å²) in [5.74, 6) is 0.